The summed E-state index contributed by atoms with van der Waals surface area (Å²) in [4.78, 5) is 24.3. The molecule has 0 unspecified atom stereocenters. The number of fused-ring (bicyclic) bond motifs is 2. The van der Waals surface area contributed by atoms with Crippen LogP contribution in [-0.4, -0.2) is 22.6 Å². The first kappa shape index (κ1) is 19.7. The number of carbonyl (C=O) groups excluding carboxylic acids is 1. The van der Waals surface area contributed by atoms with Gasteiger partial charge in [0.05, 0.1) is 33.5 Å². The number of aryl methyl sites for hydroxylation is 2. The lowest BCUT2D eigenvalue weighted by Crippen LogP contribution is -2.14. The highest BCUT2D eigenvalue weighted by Crippen LogP contribution is 2.30. The quantitative estimate of drug-likeness (QED) is 0.365. The first-order valence-corrected chi connectivity index (χ1v) is 11.4. The van der Waals surface area contributed by atoms with Crippen molar-refractivity contribution in [3.63, 3.8) is 0 Å². The molecule has 3 aromatic heterocycles. The minimum atomic E-state index is -0.282. The van der Waals surface area contributed by atoms with Crippen LogP contribution in [0.5, 0.6) is 5.75 Å². The van der Waals surface area contributed by atoms with Gasteiger partial charge in [0.15, 0.2) is 4.80 Å². The van der Waals surface area contributed by atoms with Crippen LogP contribution in [0.2, 0.25) is 0 Å². The molecule has 0 aliphatic carbocycles. The number of benzene rings is 2. The molecule has 3 heterocycles. The third-order valence-electron chi connectivity index (χ3n) is 5.24. The summed E-state index contributed by atoms with van der Waals surface area (Å²) < 4.78 is 8.52. The summed E-state index contributed by atoms with van der Waals surface area (Å²) in [5.41, 5.74) is 4.18. The molecule has 7 heteroatoms. The second kappa shape index (κ2) is 7.76. The summed E-state index contributed by atoms with van der Waals surface area (Å²) in [6.45, 7) is 2.05. The van der Waals surface area contributed by atoms with Crippen molar-refractivity contribution in [2.45, 2.75) is 6.92 Å². The van der Waals surface area contributed by atoms with E-state index in [1.54, 1.807) is 18.4 Å². The van der Waals surface area contributed by atoms with Crippen molar-refractivity contribution in [1.29, 1.82) is 0 Å². The fourth-order valence-corrected chi connectivity index (χ4v) is 5.46. The Bertz CT molecular complexity index is 1510. The summed E-state index contributed by atoms with van der Waals surface area (Å²) in [7, 11) is 3.56. The van der Waals surface area contributed by atoms with E-state index in [0.29, 0.717) is 10.4 Å². The molecule has 1 amide bonds. The van der Waals surface area contributed by atoms with E-state index in [4.69, 9.17) is 9.72 Å². The zero-order valence-corrected chi connectivity index (χ0v) is 18.9. The Labute approximate surface area is 186 Å². The second-order valence-electron chi connectivity index (χ2n) is 7.17. The second-order valence-corrected chi connectivity index (χ2v) is 9.10. The number of thiazole rings is 1. The lowest BCUT2D eigenvalue weighted by atomic mass is 10.1. The molecule has 5 aromatic rings. The van der Waals surface area contributed by atoms with Crippen molar-refractivity contribution in [1.82, 2.24) is 9.55 Å². The highest BCUT2D eigenvalue weighted by atomic mass is 32.1. The number of thiophene rings is 1. The van der Waals surface area contributed by atoms with E-state index in [-0.39, 0.29) is 5.91 Å². The number of hydrogen-bond donors (Lipinski definition) is 0. The van der Waals surface area contributed by atoms with E-state index < -0.39 is 0 Å². The van der Waals surface area contributed by atoms with Crippen molar-refractivity contribution in [3.8, 4) is 16.3 Å². The summed E-state index contributed by atoms with van der Waals surface area (Å²) in [6, 6.07) is 17.5. The molecule has 0 aliphatic heterocycles. The van der Waals surface area contributed by atoms with Crippen LogP contribution in [0.1, 0.15) is 15.9 Å². The van der Waals surface area contributed by atoms with Gasteiger partial charge in [-0.25, -0.2) is 4.98 Å². The predicted octanol–water partition coefficient (Wildman–Crippen LogP) is 5.57. The number of ether oxygens (including phenoxy) is 1. The maximum Gasteiger partial charge on any atom is 0.280 e. The van der Waals surface area contributed by atoms with E-state index in [9.17, 15) is 4.79 Å². The van der Waals surface area contributed by atoms with Gasteiger partial charge in [0.1, 0.15) is 11.3 Å². The number of para-hydroxylation sites is 1. The fourth-order valence-electron chi connectivity index (χ4n) is 3.67. The van der Waals surface area contributed by atoms with Crippen LogP contribution in [0.3, 0.4) is 0 Å². The van der Waals surface area contributed by atoms with Gasteiger partial charge in [-0.1, -0.05) is 41.7 Å². The topological polar surface area (TPSA) is 56.5 Å². The van der Waals surface area contributed by atoms with E-state index in [2.05, 4.69) is 4.99 Å². The van der Waals surface area contributed by atoms with Crippen molar-refractivity contribution in [2.75, 3.05) is 7.11 Å². The smallest absolute Gasteiger partial charge is 0.280 e. The molecule has 5 nitrogen and oxygen atoms in total. The van der Waals surface area contributed by atoms with E-state index >= 15 is 0 Å². The summed E-state index contributed by atoms with van der Waals surface area (Å²) in [6.07, 6.45) is 0. The monoisotopic (exact) mass is 445 g/mol. The molecule has 0 N–H and O–H groups in total. The van der Waals surface area contributed by atoms with E-state index in [1.165, 1.54) is 11.3 Å². The average Bonchev–Trinajstić information content (AvgIpc) is 3.43. The lowest BCUT2D eigenvalue weighted by Gasteiger charge is -2.06. The summed E-state index contributed by atoms with van der Waals surface area (Å²) in [5, 5.41) is 2.81. The number of nitrogens with zero attached hydrogens (tertiary/aromatic N) is 3. The lowest BCUT2D eigenvalue weighted by molar-refractivity contribution is 0.0999. The first-order chi connectivity index (χ1) is 15.1. The number of carbonyl (C=O) groups is 1. The number of hydrogen-bond acceptors (Lipinski definition) is 5. The number of amides is 1. The largest absolute Gasteiger partial charge is 0.495 e. The Balaban J connectivity index is 1.72. The van der Waals surface area contributed by atoms with Gasteiger partial charge in [0, 0.05) is 12.4 Å². The molecule has 0 spiro atoms. The van der Waals surface area contributed by atoms with Crippen molar-refractivity contribution in [2.24, 2.45) is 12.0 Å². The van der Waals surface area contributed by atoms with Crippen molar-refractivity contribution in [3.05, 3.63) is 75.9 Å². The van der Waals surface area contributed by atoms with Gasteiger partial charge < -0.3 is 9.30 Å². The van der Waals surface area contributed by atoms with Crippen LogP contribution in [0, 0.1) is 6.92 Å². The molecule has 0 atom stereocenters. The standard InChI is InChI=1S/C24H19N3O2S2/c1-14-10-11-19(29-3)21-22(14)31-24(27(21)2)26-23(28)16-13-18(20-9-6-12-30-20)25-17-8-5-4-7-15(16)17/h4-13H,1-3H3. The molecule has 2 aromatic carbocycles. The fraction of sp³-hybridized carbons (Fsp3) is 0.125. The van der Waals surface area contributed by atoms with Gasteiger partial charge in [0.25, 0.3) is 5.91 Å². The molecule has 154 valence electrons. The van der Waals surface area contributed by atoms with Crippen LogP contribution in [0.25, 0.3) is 31.7 Å². The highest BCUT2D eigenvalue weighted by Gasteiger charge is 2.16. The van der Waals surface area contributed by atoms with Gasteiger partial charge in [-0.2, -0.15) is 4.99 Å². The SMILES string of the molecule is COc1ccc(C)c2sc(=NC(=O)c3cc(-c4cccs4)nc4ccccc34)n(C)c12. The Kier molecular flexibility index (Phi) is 4.92. The Morgan fingerprint density at radius 2 is 1.97 bits per heavy atom. The molecule has 0 saturated carbocycles. The molecule has 0 radical (unpaired) electrons. The minimum absolute atomic E-state index is 0.282. The van der Waals surface area contributed by atoms with Crippen molar-refractivity contribution >= 4 is 49.7 Å². The van der Waals surface area contributed by atoms with Crippen LogP contribution < -0.4 is 9.54 Å². The van der Waals surface area contributed by atoms with E-state index in [1.807, 2.05) is 78.5 Å². The third-order valence-corrected chi connectivity index (χ3v) is 7.40. The molecule has 31 heavy (non-hydrogen) atoms. The number of pyridine rings is 1. The van der Waals surface area contributed by atoms with Crippen LogP contribution >= 0.6 is 22.7 Å². The molecular weight excluding hydrogens is 426 g/mol. The van der Waals surface area contributed by atoms with Crippen molar-refractivity contribution < 1.29 is 9.53 Å². The van der Waals surface area contributed by atoms with Gasteiger partial charge >= 0.3 is 0 Å². The number of rotatable bonds is 3. The number of methoxy groups -OCH3 is 1. The zero-order chi connectivity index (χ0) is 21.5. The predicted molar refractivity (Wildman–Crippen MR) is 127 cm³/mol. The molecule has 5 rings (SSSR count). The maximum atomic E-state index is 13.4. The Morgan fingerprint density at radius 3 is 2.74 bits per heavy atom. The first-order valence-electron chi connectivity index (χ1n) is 9.72. The van der Waals surface area contributed by atoms with Gasteiger partial charge in [0.2, 0.25) is 0 Å². The highest BCUT2D eigenvalue weighted by molar-refractivity contribution is 7.16. The van der Waals surface area contributed by atoms with Crippen LogP contribution in [0.15, 0.2) is 65.0 Å². The Hall–Kier alpha value is -3.29. The molecule has 0 fully saturated rings. The maximum absolute atomic E-state index is 13.4. The third kappa shape index (κ3) is 3.36. The molecular formula is C24H19N3O2S2. The zero-order valence-electron chi connectivity index (χ0n) is 17.2. The van der Waals surface area contributed by atoms with Crippen LogP contribution in [0.4, 0.5) is 0 Å². The summed E-state index contributed by atoms with van der Waals surface area (Å²) >= 11 is 3.09. The Morgan fingerprint density at radius 1 is 1.13 bits per heavy atom. The average molecular weight is 446 g/mol. The summed E-state index contributed by atoms with van der Waals surface area (Å²) in [5.74, 6) is 0.484. The van der Waals surface area contributed by atoms with Crippen LogP contribution in [-0.2, 0) is 7.05 Å². The normalized spacial score (nSPS) is 12.0. The molecule has 0 saturated heterocycles. The molecule has 0 bridgehead atoms. The van der Waals surface area contributed by atoms with Gasteiger partial charge in [-0.3, -0.25) is 4.79 Å². The van der Waals surface area contributed by atoms with E-state index in [0.717, 1.165) is 43.0 Å². The minimum Gasteiger partial charge on any atom is -0.495 e. The molecule has 0 aliphatic rings. The van der Waals surface area contributed by atoms with Gasteiger partial charge in [-0.15, -0.1) is 11.3 Å². The number of aromatic nitrogens is 2. The van der Waals surface area contributed by atoms with Gasteiger partial charge in [-0.05, 0) is 42.1 Å².